The second kappa shape index (κ2) is 14.3. The number of anilines is 1. The highest BCUT2D eigenvalue weighted by molar-refractivity contribution is 5.93. The molecule has 2 saturated carbocycles. The van der Waals surface area contributed by atoms with Crippen molar-refractivity contribution in [1.82, 2.24) is 29.7 Å². The summed E-state index contributed by atoms with van der Waals surface area (Å²) in [6, 6.07) is 18.7. The van der Waals surface area contributed by atoms with Gasteiger partial charge >= 0.3 is 0 Å². The maximum atomic E-state index is 13.3. The zero-order valence-corrected chi connectivity index (χ0v) is 26.9. The summed E-state index contributed by atoms with van der Waals surface area (Å²) in [4.78, 5) is 41.3. The minimum Gasteiger partial charge on any atom is -0.394 e. The number of aliphatic hydroxyl groups excluding tert-OH is 1. The fourth-order valence-electron chi connectivity index (χ4n) is 7.24. The second-order valence-corrected chi connectivity index (χ2v) is 13.4. The van der Waals surface area contributed by atoms with Crippen molar-refractivity contribution in [2.45, 2.75) is 63.2 Å². The van der Waals surface area contributed by atoms with Crippen LogP contribution < -0.4 is 16.2 Å². The number of rotatable bonds is 11. The predicted octanol–water partition coefficient (Wildman–Crippen LogP) is 4.05. The van der Waals surface area contributed by atoms with E-state index in [0.717, 1.165) is 46.7 Å². The molecule has 3 heterocycles. The molecular weight excluding hydrogens is 590 g/mol. The highest BCUT2D eigenvalue weighted by Gasteiger charge is 2.31. The molecule has 2 aromatic heterocycles. The SMILES string of the molecule is O=C(NCc1ccc2ncc(N[C@H]3CC[C@H](N4CCN(CC5CC5)CC4)CC3)nc2c1)c1cccn([C@H](CO)c2ccccc2)c1=O. The van der Waals surface area contributed by atoms with Gasteiger partial charge in [0.1, 0.15) is 11.4 Å². The van der Waals surface area contributed by atoms with Gasteiger partial charge in [-0.15, -0.1) is 0 Å². The summed E-state index contributed by atoms with van der Waals surface area (Å²) < 4.78 is 1.41. The Hall–Kier alpha value is -4.12. The van der Waals surface area contributed by atoms with Crippen LogP contribution in [0.4, 0.5) is 5.82 Å². The van der Waals surface area contributed by atoms with Crippen molar-refractivity contribution in [2.24, 2.45) is 5.92 Å². The lowest BCUT2D eigenvalue weighted by atomic mass is 9.89. The van der Waals surface area contributed by atoms with Gasteiger partial charge in [-0.25, -0.2) is 4.98 Å². The molecule has 1 atom stereocenters. The molecule has 1 amide bonds. The monoisotopic (exact) mass is 635 g/mol. The van der Waals surface area contributed by atoms with Gasteiger partial charge in [0.15, 0.2) is 0 Å². The minimum atomic E-state index is -0.578. The lowest BCUT2D eigenvalue weighted by molar-refractivity contribution is 0.0752. The van der Waals surface area contributed by atoms with Crippen LogP contribution in [-0.2, 0) is 6.54 Å². The molecule has 0 unspecified atom stereocenters. The first-order valence-electron chi connectivity index (χ1n) is 17.2. The van der Waals surface area contributed by atoms with Gasteiger partial charge in [-0.3, -0.25) is 19.5 Å². The molecule has 0 spiro atoms. The maximum absolute atomic E-state index is 13.3. The molecule has 0 bridgehead atoms. The number of carbonyl (C=O) groups excluding carboxylic acids is 1. The van der Waals surface area contributed by atoms with E-state index in [-0.39, 0.29) is 18.7 Å². The van der Waals surface area contributed by atoms with E-state index in [2.05, 4.69) is 25.4 Å². The summed E-state index contributed by atoms with van der Waals surface area (Å²) >= 11 is 0. The first-order chi connectivity index (χ1) is 23.0. The topological polar surface area (TPSA) is 116 Å². The molecule has 4 aromatic rings. The minimum absolute atomic E-state index is 0.0273. The summed E-state index contributed by atoms with van der Waals surface area (Å²) in [5, 5.41) is 16.6. The zero-order valence-electron chi connectivity index (χ0n) is 26.9. The number of amides is 1. The quantitative estimate of drug-likeness (QED) is 0.226. The molecule has 2 aromatic carbocycles. The van der Waals surface area contributed by atoms with E-state index >= 15 is 0 Å². The third-order valence-corrected chi connectivity index (χ3v) is 10.2. The Morgan fingerprint density at radius 1 is 0.915 bits per heavy atom. The molecule has 0 radical (unpaired) electrons. The maximum Gasteiger partial charge on any atom is 0.264 e. The van der Waals surface area contributed by atoms with Crippen molar-refractivity contribution in [2.75, 3.05) is 44.6 Å². The lowest BCUT2D eigenvalue weighted by Gasteiger charge is -2.42. The summed E-state index contributed by atoms with van der Waals surface area (Å²) in [7, 11) is 0. The molecule has 7 rings (SSSR count). The Morgan fingerprint density at radius 2 is 1.70 bits per heavy atom. The third-order valence-electron chi connectivity index (χ3n) is 10.2. The van der Waals surface area contributed by atoms with Gasteiger partial charge in [0.2, 0.25) is 0 Å². The molecule has 2 aliphatic carbocycles. The third kappa shape index (κ3) is 7.56. The molecule has 10 heteroatoms. The number of nitrogens with zero attached hydrogens (tertiary/aromatic N) is 5. The number of nitrogens with one attached hydrogen (secondary N) is 2. The highest BCUT2D eigenvalue weighted by atomic mass is 16.3. The standard InChI is InChI=1S/C37H45N7O3/c45-25-34(28-5-2-1-3-6-28)44-16-4-7-31(37(44)47)36(46)39-22-27-10-15-32-33(21-27)41-35(23-38-32)40-29-11-13-30(14-12-29)43-19-17-42(18-20-43)24-26-8-9-26/h1-7,10,15-16,21,23,26,29-30,34,45H,8-9,11-14,17-20,22,24-25H2,(H,39,46)(H,40,41)/t29-,30-,34-/m1/s1. The van der Waals surface area contributed by atoms with Gasteiger partial charge < -0.3 is 25.2 Å². The van der Waals surface area contributed by atoms with Crippen LogP contribution in [-0.4, -0.2) is 86.8 Å². The molecule has 3 aliphatic rings. The van der Waals surface area contributed by atoms with Crippen molar-refractivity contribution in [3.63, 3.8) is 0 Å². The highest BCUT2D eigenvalue weighted by Crippen LogP contribution is 2.31. The fourth-order valence-corrected chi connectivity index (χ4v) is 7.24. The van der Waals surface area contributed by atoms with Crippen LogP contribution in [0.1, 0.15) is 66.1 Å². The van der Waals surface area contributed by atoms with Gasteiger partial charge in [0.25, 0.3) is 11.5 Å². The summed E-state index contributed by atoms with van der Waals surface area (Å²) in [5.41, 5.74) is 2.78. The fraction of sp³-hybridized carbons (Fsp3) is 0.459. The molecule has 47 heavy (non-hydrogen) atoms. The Bertz CT molecular complexity index is 1730. The number of hydrogen-bond acceptors (Lipinski definition) is 8. The van der Waals surface area contributed by atoms with Crippen molar-refractivity contribution in [1.29, 1.82) is 0 Å². The predicted molar refractivity (Wildman–Crippen MR) is 183 cm³/mol. The van der Waals surface area contributed by atoms with E-state index in [0.29, 0.717) is 12.1 Å². The molecule has 1 aliphatic heterocycles. The first-order valence-corrected chi connectivity index (χ1v) is 17.2. The summed E-state index contributed by atoms with van der Waals surface area (Å²) in [5.74, 6) is 1.28. The van der Waals surface area contributed by atoms with Gasteiger partial charge in [0, 0.05) is 57.5 Å². The Balaban J connectivity index is 0.936. The Kier molecular flexibility index (Phi) is 9.60. The van der Waals surface area contributed by atoms with Gasteiger partial charge in [-0.2, -0.15) is 0 Å². The first kappa shape index (κ1) is 31.5. The smallest absolute Gasteiger partial charge is 0.264 e. The van der Waals surface area contributed by atoms with Crippen molar-refractivity contribution >= 4 is 22.8 Å². The van der Waals surface area contributed by atoms with Gasteiger partial charge in [-0.05, 0) is 79.8 Å². The van der Waals surface area contributed by atoms with Crippen LogP contribution in [0.3, 0.4) is 0 Å². The number of fused-ring (bicyclic) bond motifs is 1. The number of aliphatic hydroxyl groups is 1. The van der Waals surface area contributed by atoms with Crippen LogP contribution >= 0.6 is 0 Å². The van der Waals surface area contributed by atoms with Crippen molar-refractivity contribution in [3.8, 4) is 0 Å². The van der Waals surface area contributed by atoms with E-state index in [1.807, 2.05) is 54.7 Å². The van der Waals surface area contributed by atoms with Crippen LogP contribution in [0.15, 0.2) is 77.9 Å². The summed E-state index contributed by atoms with van der Waals surface area (Å²) in [6.45, 7) is 6.14. The number of carbonyl (C=O) groups is 1. The second-order valence-electron chi connectivity index (χ2n) is 13.4. The molecule has 3 N–H and O–H groups in total. The van der Waals surface area contributed by atoms with E-state index in [4.69, 9.17) is 4.98 Å². The van der Waals surface area contributed by atoms with Gasteiger partial charge in [0.05, 0.1) is 29.9 Å². The summed E-state index contributed by atoms with van der Waals surface area (Å²) in [6.07, 6.45) is 11.0. The lowest BCUT2D eigenvalue weighted by Crippen LogP contribution is -2.51. The van der Waals surface area contributed by atoms with Crippen molar-refractivity contribution in [3.05, 3.63) is 100 Å². The molecule has 3 fully saturated rings. The number of benzene rings is 2. The van der Waals surface area contributed by atoms with E-state index in [1.54, 1.807) is 12.3 Å². The Labute approximate surface area is 275 Å². The molecular formula is C37H45N7O3. The molecule has 246 valence electrons. The average molecular weight is 636 g/mol. The number of aromatic nitrogens is 3. The van der Waals surface area contributed by atoms with Crippen molar-refractivity contribution < 1.29 is 9.90 Å². The van der Waals surface area contributed by atoms with Crippen LogP contribution in [0, 0.1) is 5.92 Å². The Morgan fingerprint density at radius 3 is 2.45 bits per heavy atom. The molecule has 10 nitrogen and oxygen atoms in total. The number of hydrogen-bond donors (Lipinski definition) is 3. The van der Waals surface area contributed by atoms with Crippen LogP contribution in [0.5, 0.6) is 0 Å². The normalized spacial score (nSPS) is 21.4. The van der Waals surface area contributed by atoms with E-state index < -0.39 is 17.5 Å². The van der Waals surface area contributed by atoms with Gasteiger partial charge in [-0.1, -0.05) is 36.4 Å². The van der Waals surface area contributed by atoms with Crippen LogP contribution in [0.25, 0.3) is 11.0 Å². The largest absolute Gasteiger partial charge is 0.394 e. The number of pyridine rings is 1. The average Bonchev–Trinajstić information content (AvgIpc) is 3.93. The molecule has 1 saturated heterocycles. The van der Waals surface area contributed by atoms with Crippen LogP contribution in [0.2, 0.25) is 0 Å². The zero-order chi connectivity index (χ0) is 32.2. The number of piperazine rings is 1. The van der Waals surface area contributed by atoms with E-state index in [9.17, 15) is 14.7 Å². The van der Waals surface area contributed by atoms with E-state index in [1.165, 1.54) is 69.0 Å².